The molecule has 10 heteroatoms. The number of carboxylic acids is 1. The molecule has 3 aromatic carbocycles. The van der Waals surface area contributed by atoms with Crippen molar-refractivity contribution in [3.8, 4) is 0 Å². The van der Waals surface area contributed by atoms with Gasteiger partial charge < -0.3 is 9.67 Å². The number of rotatable bonds is 7. The van der Waals surface area contributed by atoms with Crippen LogP contribution in [0.3, 0.4) is 0 Å². The number of sulfonamides is 1. The van der Waals surface area contributed by atoms with Gasteiger partial charge in [-0.3, -0.25) is 9.52 Å². The van der Waals surface area contributed by atoms with Crippen molar-refractivity contribution in [2.24, 2.45) is 4.99 Å². The van der Waals surface area contributed by atoms with Crippen molar-refractivity contribution in [2.75, 3.05) is 4.72 Å². The molecular weight excluding hydrogens is 486 g/mol. The number of carboxylic acid groups (broad SMARTS) is 1. The van der Waals surface area contributed by atoms with E-state index >= 15 is 0 Å². The summed E-state index contributed by atoms with van der Waals surface area (Å²) in [5.41, 5.74) is 2.25. The number of fused-ring (bicyclic) bond motifs is 1. The minimum absolute atomic E-state index is 0.123. The van der Waals surface area contributed by atoms with E-state index in [1.54, 1.807) is 67.6 Å². The second-order valence-corrected chi connectivity index (χ2v) is 10.6. The Bertz CT molecular complexity index is 1570. The van der Waals surface area contributed by atoms with Gasteiger partial charge in [-0.2, -0.15) is 4.99 Å². The van der Waals surface area contributed by atoms with Crippen LogP contribution in [0.4, 0.5) is 5.69 Å². The first-order valence-corrected chi connectivity index (χ1v) is 13.1. The quantitative estimate of drug-likeness (QED) is 0.378. The van der Waals surface area contributed by atoms with Crippen LogP contribution >= 0.6 is 11.3 Å². The van der Waals surface area contributed by atoms with E-state index in [9.17, 15) is 23.1 Å². The van der Waals surface area contributed by atoms with Crippen LogP contribution in [0.15, 0.2) is 82.7 Å². The Balaban J connectivity index is 1.82. The van der Waals surface area contributed by atoms with Crippen LogP contribution in [-0.2, 0) is 14.8 Å². The van der Waals surface area contributed by atoms with Crippen LogP contribution in [0.2, 0.25) is 0 Å². The van der Waals surface area contributed by atoms with Crippen molar-refractivity contribution >= 4 is 49.1 Å². The first kappa shape index (κ1) is 24.4. The molecule has 1 atom stereocenters. The van der Waals surface area contributed by atoms with E-state index in [1.165, 1.54) is 16.7 Å². The van der Waals surface area contributed by atoms with Crippen molar-refractivity contribution in [3.63, 3.8) is 0 Å². The van der Waals surface area contributed by atoms with E-state index < -0.39 is 27.9 Å². The Hall–Kier alpha value is -3.76. The Labute approximate surface area is 206 Å². The fourth-order valence-corrected chi connectivity index (χ4v) is 5.79. The number of amides is 1. The number of aryl methyl sites for hydroxylation is 1. The third-order valence-corrected chi connectivity index (χ3v) is 7.83. The highest BCUT2D eigenvalue weighted by molar-refractivity contribution is 7.92. The number of aliphatic carboxylic acids is 1. The van der Waals surface area contributed by atoms with Gasteiger partial charge in [0.15, 0.2) is 4.80 Å². The third-order valence-electron chi connectivity index (χ3n) is 5.41. The molecule has 0 spiro atoms. The first-order chi connectivity index (χ1) is 16.7. The molecule has 0 aliphatic rings. The van der Waals surface area contributed by atoms with Gasteiger partial charge in [-0.15, -0.1) is 0 Å². The van der Waals surface area contributed by atoms with Crippen LogP contribution in [-0.4, -0.2) is 30.0 Å². The predicted molar refractivity (Wildman–Crippen MR) is 135 cm³/mol. The molecule has 0 saturated carbocycles. The topological polar surface area (TPSA) is 118 Å². The zero-order chi connectivity index (χ0) is 25.2. The van der Waals surface area contributed by atoms with Crippen LogP contribution in [0.5, 0.6) is 0 Å². The van der Waals surface area contributed by atoms with E-state index in [1.807, 2.05) is 6.92 Å². The SMILES string of the molecule is CCC(C(=O)O)n1c(=NC(=O)c2ccc(C)cc2)sc2cc(NS(=O)(=O)c3ccccc3)ccc21. The Morgan fingerprint density at radius 3 is 2.37 bits per heavy atom. The largest absolute Gasteiger partial charge is 0.480 e. The van der Waals surface area contributed by atoms with E-state index in [2.05, 4.69) is 9.71 Å². The standard InChI is InChI=1S/C25H23N3O5S2/c1-3-20(24(30)31)28-21-14-13-18(27-35(32,33)19-7-5-4-6-8-19)15-22(21)34-25(28)26-23(29)17-11-9-16(2)10-12-17/h4-15,20,27H,3H2,1-2H3,(H,30,31). The fraction of sp³-hybridized carbons (Fsp3) is 0.160. The van der Waals surface area contributed by atoms with Gasteiger partial charge in [0.1, 0.15) is 6.04 Å². The Morgan fingerprint density at radius 2 is 1.74 bits per heavy atom. The number of carbonyl (C=O) groups excluding carboxylic acids is 1. The molecule has 35 heavy (non-hydrogen) atoms. The molecule has 1 unspecified atom stereocenters. The summed E-state index contributed by atoms with van der Waals surface area (Å²) in [6.07, 6.45) is 0.273. The third kappa shape index (κ3) is 5.18. The summed E-state index contributed by atoms with van der Waals surface area (Å²) in [6.45, 7) is 3.65. The highest BCUT2D eigenvalue weighted by atomic mass is 32.2. The lowest BCUT2D eigenvalue weighted by Gasteiger charge is -2.14. The molecule has 0 aliphatic heterocycles. The lowest BCUT2D eigenvalue weighted by atomic mass is 10.1. The van der Waals surface area contributed by atoms with E-state index in [-0.39, 0.29) is 16.1 Å². The summed E-state index contributed by atoms with van der Waals surface area (Å²) in [6, 6.07) is 18.8. The summed E-state index contributed by atoms with van der Waals surface area (Å²) in [5, 5.41) is 9.81. The summed E-state index contributed by atoms with van der Waals surface area (Å²) < 4.78 is 30.1. The lowest BCUT2D eigenvalue weighted by molar-refractivity contribution is -0.140. The molecule has 1 heterocycles. The normalized spacial score (nSPS) is 13.0. The van der Waals surface area contributed by atoms with Crippen LogP contribution in [0, 0.1) is 6.92 Å². The molecule has 2 N–H and O–H groups in total. The van der Waals surface area contributed by atoms with Gasteiger partial charge in [-0.1, -0.05) is 54.2 Å². The number of nitrogens with zero attached hydrogens (tertiary/aromatic N) is 2. The molecular formula is C25H23N3O5S2. The summed E-state index contributed by atoms with van der Waals surface area (Å²) >= 11 is 1.12. The van der Waals surface area contributed by atoms with Crippen molar-refractivity contribution in [1.82, 2.24) is 4.57 Å². The number of aromatic nitrogens is 1. The second-order valence-electron chi connectivity index (χ2n) is 7.90. The van der Waals surface area contributed by atoms with E-state index in [0.717, 1.165) is 16.9 Å². The molecule has 4 rings (SSSR count). The number of thiazole rings is 1. The Morgan fingerprint density at radius 1 is 1.06 bits per heavy atom. The number of benzene rings is 3. The molecule has 1 amide bonds. The van der Waals surface area contributed by atoms with Gasteiger partial charge in [-0.05, 0) is 55.8 Å². The van der Waals surface area contributed by atoms with Crippen LogP contribution in [0.25, 0.3) is 10.2 Å². The van der Waals surface area contributed by atoms with Crippen molar-refractivity contribution in [3.05, 3.63) is 88.7 Å². The Kier molecular flexibility index (Phi) is 6.86. The van der Waals surface area contributed by atoms with Gasteiger partial charge in [0.25, 0.3) is 15.9 Å². The zero-order valence-corrected chi connectivity index (χ0v) is 20.6. The van der Waals surface area contributed by atoms with Gasteiger partial charge >= 0.3 is 5.97 Å². The second kappa shape index (κ2) is 9.85. The smallest absolute Gasteiger partial charge is 0.326 e. The number of nitrogens with one attached hydrogen (secondary N) is 1. The highest BCUT2D eigenvalue weighted by Gasteiger charge is 2.23. The molecule has 0 fully saturated rings. The van der Waals surface area contributed by atoms with Gasteiger partial charge in [0.2, 0.25) is 0 Å². The minimum atomic E-state index is -3.80. The fourth-order valence-electron chi connectivity index (χ4n) is 3.62. The summed E-state index contributed by atoms with van der Waals surface area (Å²) in [7, 11) is -3.80. The predicted octanol–water partition coefficient (Wildman–Crippen LogP) is 4.59. The molecule has 0 bridgehead atoms. The van der Waals surface area contributed by atoms with Crippen molar-refractivity contribution in [2.45, 2.75) is 31.2 Å². The molecule has 4 aromatic rings. The van der Waals surface area contributed by atoms with Gasteiger partial charge in [-0.25, -0.2) is 13.2 Å². The molecule has 8 nitrogen and oxygen atoms in total. The molecule has 0 saturated heterocycles. The summed E-state index contributed by atoms with van der Waals surface area (Å²) in [5.74, 6) is -1.54. The highest BCUT2D eigenvalue weighted by Crippen LogP contribution is 2.27. The first-order valence-electron chi connectivity index (χ1n) is 10.8. The molecule has 0 aliphatic carbocycles. The maximum atomic E-state index is 12.8. The van der Waals surface area contributed by atoms with Crippen molar-refractivity contribution in [1.29, 1.82) is 0 Å². The van der Waals surface area contributed by atoms with Crippen molar-refractivity contribution < 1.29 is 23.1 Å². The number of anilines is 1. The number of hydrogen-bond acceptors (Lipinski definition) is 5. The average molecular weight is 510 g/mol. The van der Waals surface area contributed by atoms with E-state index in [0.29, 0.717) is 21.5 Å². The summed E-state index contributed by atoms with van der Waals surface area (Å²) in [4.78, 5) is 29.4. The number of carbonyl (C=O) groups is 2. The van der Waals surface area contributed by atoms with E-state index in [4.69, 9.17) is 0 Å². The van der Waals surface area contributed by atoms with Crippen LogP contribution in [0.1, 0.15) is 35.3 Å². The van der Waals surface area contributed by atoms with Gasteiger partial charge in [0, 0.05) is 5.56 Å². The maximum Gasteiger partial charge on any atom is 0.326 e. The van der Waals surface area contributed by atoms with Gasteiger partial charge in [0.05, 0.1) is 20.8 Å². The monoisotopic (exact) mass is 509 g/mol. The molecule has 180 valence electrons. The minimum Gasteiger partial charge on any atom is -0.480 e. The average Bonchev–Trinajstić information content (AvgIpc) is 3.17. The maximum absolute atomic E-state index is 12.8. The van der Waals surface area contributed by atoms with Crippen LogP contribution < -0.4 is 9.52 Å². The zero-order valence-electron chi connectivity index (χ0n) is 19.0. The lowest BCUT2D eigenvalue weighted by Crippen LogP contribution is -2.27. The number of hydrogen-bond donors (Lipinski definition) is 2. The molecule has 1 aromatic heterocycles. The molecule has 0 radical (unpaired) electrons.